The van der Waals surface area contributed by atoms with Crippen molar-refractivity contribution in [3.63, 3.8) is 0 Å². The topological polar surface area (TPSA) is 149 Å². The molecule has 0 aromatic heterocycles. The fourth-order valence-electron chi connectivity index (χ4n) is 6.29. The molecule has 0 aromatic carbocycles. The van der Waals surface area contributed by atoms with Crippen molar-refractivity contribution in [1.29, 1.82) is 0 Å². The molecular formula is C42H77NO8. The predicted octanol–water partition coefficient (Wildman–Crippen LogP) is 7.72. The second-order valence-electron chi connectivity index (χ2n) is 14.4. The number of carbonyl (C=O) groups excluding carboxylic acids is 1. The first kappa shape index (κ1) is 47.4. The van der Waals surface area contributed by atoms with Crippen molar-refractivity contribution in [3.05, 3.63) is 36.5 Å². The molecule has 0 aliphatic carbocycles. The normalized spacial score (nSPS) is 22.4. The lowest BCUT2D eigenvalue weighted by molar-refractivity contribution is -0.302. The molecule has 6 N–H and O–H groups in total. The molecule has 0 spiro atoms. The van der Waals surface area contributed by atoms with E-state index < -0.39 is 49.5 Å². The number of carbonyl (C=O) groups is 1. The van der Waals surface area contributed by atoms with Gasteiger partial charge >= 0.3 is 0 Å². The molecule has 7 unspecified atom stereocenters. The first-order valence-electron chi connectivity index (χ1n) is 20.7. The largest absolute Gasteiger partial charge is 0.394 e. The molecule has 51 heavy (non-hydrogen) atoms. The van der Waals surface area contributed by atoms with Gasteiger partial charge in [-0.2, -0.15) is 0 Å². The Labute approximate surface area is 311 Å². The van der Waals surface area contributed by atoms with Crippen LogP contribution in [0.1, 0.15) is 168 Å². The Morgan fingerprint density at radius 1 is 0.647 bits per heavy atom. The Kier molecular flexibility index (Phi) is 30.7. The van der Waals surface area contributed by atoms with Crippen molar-refractivity contribution in [3.8, 4) is 0 Å². The fraction of sp³-hybridized carbons (Fsp3) is 0.833. The van der Waals surface area contributed by atoms with Crippen LogP contribution >= 0.6 is 0 Å². The third-order valence-corrected chi connectivity index (χ3v) is 9.67. The summed E-state index contributed by atoms with van der Waals surface area (Å²) >= 11 is 0. The first-order chi connectivity index (χ1) is 24.8. The number of hydrogen-bond acceptors (Lipinski definition) is 8. The van der Waals surface area contributed by atoms with Crippen LogP contribution < -0.4 is 5.32 Å². The molecule has 9 heteroatoms. The van der Waals surface area contributed by atoms with Crippen LogP contribution in [-0.4, -0.2) is 87.5 Å². The molecule has 1 rings (SSSR count). The number of rotatable bonds is 33. The molecule has 0 radical (unpaired) electrons. The quantitative estimate of drug-likeness (QED) is 0.0298. The summed E-state index contributed by atoms with van der Waals surface area (Å²) in [5, 5.41) is 53.7. The average Bonchev–Trinajstić information content (AvgIpc) is 3.13. The van der Waals surface area contributed by atoms with E-state index in [1.807, 2.05) is 6.08 Å². The highest BCUT2D eigenvalue weighted by Gasteiger charge is 2.44. The zero-order valence-corrected chi connectivity index (χ0v) is 32.4. The second kappa shape index (κ2) is 33.0. The standard InChI is InChI=1S/C42H77NO8/c1-3-5-7-9-11-12-13-14-15-16-17-18-19-20-21-22-23-24-26-28-30-32-38(46)43-35(36(45)31-29-27-25-10-8-6-4-2)34-50-42-41(49)40(48)39(47)37(33-44)51-42/h8,10,16-17,29,31,35-37,39-42,44-45,47-49H,3-7,9,11-15,18-28,30,32-34H2,1-2H3,(H,43,46)/b10-8+,17-16-,31-29+. The van der Waals surface area contributed by atoms with Gasteiger partial charge in [-0.3, -0.25) is 4.79 Å². The van der Waals surface area contributed by atoms with Crippen LogP contribution in [0.25, 0.3) is 0 Å². The monoisotopic (exact) mass is 724 g/mol. The highest BCUT2D eigenvalue weighted by atomic mass is 16.7. The SMILES string of the molecule is CCC/C=C/CC/C=C/C(O)C(COC1OC(CO)C(O)C(O)C1O)NC(=O)CCCCCCCCCCC/C=C\CCCCCCCCCC. The summed E-state index contributed by atoms with van der Waals surface area (Å²) in [5.74, 6) is -0.195. The van der Waals surface area contributed by atoms with Gasteiger partial charge in [0.1, 0.15) is 24.4 Å². The third kappa shape index (κ3) is 24.4. The summed E-state index contributed by atoms with van der Waals surface area (Å²) < 4.78 is 11.1. The fourth-order valence-corrected chi connectivity index (χ4v) is 6.29. The predicted molar refractivity (Wildman–Crippen MR) is 207 cm³/mol. The highest BCUT2D eigenvalue weighted by molar-refractivity contribution is 5.76. The van der Waals surface area contributed by atoms with Crippen LogP contribution in [0, 0.1) is 0 Å². The number of aliphatic hydroxyl groups is 5. The van der Waals surface area contributed by atoms with Gasteiger partial charge in [-0.15, -0.1) is 0 Å². The summed E-state index contributed by atoms with van der Waals surface area (Å²) in [7, 11) is 0. The molecule has 1 saturated heterocycles. The second-order valence-corrected chi connectivity index (χ2v) is 14.4. The molecule has 1 aliphatic rings. The molecule has 1 aliphatic heterocycles. The van der Waals surface area contributed by atoms with E-state index in [0.717, 1.165) is 44.9 Å². The number of unbranched alkanes of at least 4 members (excludes halogenated alkanes) is 19. The summed E-state index contributed by atoms with van der Waals surface area (Å²) in [5.41, 5.74) is 0. The Bertz CT molecular complexity index is 894. The number of allylic oxidation sites excluding steroid dienone is 5. The molecule has 1 amide bonds. The number of nitrogens with one attached hydrogen (secondary N) is 1. The van der Waals surface area contributed by atoms with Crippen molar-refractivity contribution in [2.45, 2.75) is 211 Å². The molecule has 7 atom stereocenters. The van der Waals surface area contributed by atoms with Crippen LogP contribution in [0.4, 0.5) is 0 Å². The van der Waals surface area contributed by atoms with Gasteiger partial charge in [0.15, 0.2) is 6.29 Å². The summed E-state index contributed by atoms with van der Waals surface area (Å²) in [6.45, 7) is 3.63. The Hall–Kier alpha value is -1.59. The van der Waals surface area contributed by atoms with Gasteiger partial charge in [0.25, 0.3) is 0 Å². The Balaban J connectivity index is 2.27. The minimum atomic E-state index is -1.57. The van der Waals surface area contributed by atoms with Crippen LogP contribution in [0.3, 0.4) is 0 Å². The van der Waals surface area contributed by atoms with Crippen molar-refractivity contribution < 1.29 is 39.8 Å². The molecule has 9 nitrogen and oxygen atoms in total. The van der Waals surface area contributed by atoms with Crippen LogP contribution in [-0.2, 0) is 14.3 Å². The zero-order valence-electron chi connectivity index (χ0n) is 32.4. The minimum Gasteiger partial charge on any atom is -0.394 e. The lowest BCUT2D eigenvalue weighted by Gasteiger charge is -2.40. The number of aliphatic hydroxyl groups excluding tert-OH is 5. The van der Waals surface area contributed by atoms with E-state index in [4.69, 9.17) is 9.47 Å². The van der Waals surface area contributed by atoms with Crippen molar-refractivity contribution in [1.82, 2.24) is 5.32 Å². The van der Waals surface area contributed by atoms with Gasteiger partial charge in [0.2, 0.25) is 5.91 Å². The molecule has 298 valence electrons. The van der Waals surface area contributed by atoms with E-state index in [1.54, 1.807) is 6.08 Å². The summed E-state index contributed by atoms with van der Waals surface area (Å²) in [6.07, 6.45) is 32.2. The maximum absolute atomic E-state index is 12.8. The van der Waals surface area contributed by atoms with Gasteiger partial charge in [-0.1, -0.05) is 147 Å². The van der Waals surface area contributed by atoms with Crippen LogP contribution in [0.2, 0.25) is 0 Å². The third-order valence-electron chi connectivity index (χ3n) is 9.67. The van der Waals surface area contributed by atoms with Crippen molar-refractivity contribution in [2.75, 3.05) is 13.2 Å². The molecular weight excluding hydrogens is 646 g/mol. The number of hydrogen-bond donors (Lipinski definition) is 6. The Morgan fingerprint density at radius 3 is 1.73 bits per heavy atom. The molecule has 0 bridgehead atoms. The van der Waals surface area contributed by atoms with Gasteiger partial charge in [-0.25, -0.2) is 0 Å². The molecule has 1 heterocycles. The van der Waals surface area contributed by atoms with Gasteiger partial charge in [0.05, 0.1) is 25.4 Å². The lowest BCUT2D eigenvalue weighted by atomic mass is 9.99. The van der Waals surface area contributed by atoms with E-state index in [2.05, 4.69) is 43.5 Å². The van der Waals surface area contributed by atoms with Gasteiger partial charge in [-0.05, 0) is 51.4 Å². The van der Waals surface area contributed by atoms with Crippen molar-refractivity contribution >= 4 is 5.91 Å². The van der Waals surface area contributed by atoms with Crippen LogP contribution in [0.15, 0.2) is 36.5 Å². The van der Waals surface area contributed by atoms with E-state index in [0.29, 0.717) is 6.42 Å². The first-order valence-corrected chi connectivity index (χ1v) is 20.7. The molecule has 0 saturated carbocycles. The molecule has 0 aromatic rings. The van der Waals surface area contributed by atoms with Crippen molar-refractivity contribution in [2.24, 2.45) is 0 Å². The highest BCUT2D eigenvalue weighted by Crippen LogP contribution is 2.22. The molecule has 1 fully saturated rings. The van der Waals surface area contributed by atoms with Gasteiger partial charge in [0, 0.05) is 6.42 Å². The van der Waals surface area contributed by atoms with E-state index in [-0.39, 0.29) is 12.5 Å². The maximum Gasteiger partial charge on any atom is 0.220 e. The zero-order chi connectivity index (χ0) is 37.4. The van der Waals surface area contributed by atoms with E-state index in [9.17, 15) is 30.3 Å². The number of amides is 1. The summed E-state index contributed by atoms with van der Waals surface area (Å²) in [4.78, 5) is 12.8. The van der Waals surface area contributed by atoms with Crippen LogP contribution in [0.5, 0.6) is 0 Å². The minimum absolute atomic E-state index is 0.195. The lowest BCUT2D eigenvalue weighted by Crippen LogP contribution is -2.60. The van der Waals surface area contributed by atoms with Gasteiger partial charge < -0.3 is 40.3 Å². The Morgan fingerprint density at radius 2 is 1.16 bits per heavy atom. The van der Waals surface area contributed by atoms with E-state index in [1.165, 1.54) is 103 Å². The number of ether oxygens (including phenoxy) is 2. The maximum atomic E-state index is 12.8. The smallest absolute Gasteiger partial charge is 0.220 e. The van der Waals surface area contributed by atoms with E-state index >= 15 is 0 Å². The average molecular weight is 724 g/mol. The summed E-state index contributed by atoms with van der Waals surface area (Å²) in [6, 6.07) is -0.817.